The van der Waals surface area contributed by atoms with Gasteiger partial charge in [0.2, 0.25) is 5.91 Å². The van der Waals surface area contributed by atoms with E-state index in [1.165, 1.54) is 23.9 Å². The van der Waals surface area contributed by atoms with Crippen molar-refractivity contribution in [2.45, 2.75) is 25.9 Å². The highest BCUT2D eigenvalue weighted by Crippen LogP contribution is 2.27. The Labute approximate surface area is 179 Å². The van der Waals surface area contributed by atoms with Gasteiger partial charge in [0.15, 0.2) is 5.75 Å². The number of nitrogens with one attached hydrogen (secondary N) is 1. The Morgan fingerprint density at radius 2 is 1.84 bits per heavy atom. The van der Waals surface area contributed by atoms with Crippen LogP contribution in [0.4, 0.5) is 4.39 Å². The van der Waals surface area contributed by atoms with E-state index in [2.05, 4.69) is 10.4 Å². The predicted molar refractivity (Wildman–Crippen MR) is 115 cm³/mol. The summed E-state index contributed by atoms with van der Waals surface area (Å²) >= 11 is 0. The number of halogens is 1. The number of amides is 1. The molecule has 31 heavy (non-hydrogen) atoms. The molecule has 1 heterocycles. The lowest BCUT2D eigenvalue weighted by molar-refractivity contribution is -0.121. The van der Waals surface area contributed by atoms with Gasteiger partial charge < -0.3 is 14.8 Å². The van der Waals surface area contributed by atoms with E-state index in [1.807, 2.05) is 12.1 Å². The fourth-order valence-electron chi connectivity index (χ4n) is 3.05. The molecule has 162 valence electrons. The highest BCUT2D eigenvalue weighted by atomic mass is 19.1. The fraction of sp³-hybridized carbons (Fsp3) is 0.261. The first-order valence-electron chi connectivity index (χ1n) is 9.82. The van der Waals surface area contributed by atoms with Crippen molar-refractivity contribution in [2.24, 2.45) is 0 Å². The van der Waals surface area contributed by atoms with Gasteiger partial charge in [0.1, 0.15) is 17.3 Å². The Balaban J connectivity index is 1.63. The van der Waals surface area contributed by atoms with Gasteiger partial charge in [-0.05, 0) is 36.8 Å². The third kappa shape index (κ3) is 5.69. The van der Waals surface area contributed by atoms with Crippen LogP contribution in [-0.4, -0.2) is 29.9 Å². The number of hydrogen-bond acceptors (Lipinski definition) is 5. The Morgan fingerprint density at radius 1 is 1.10 bits per heavy atom. The highest BCUT2D eigenvalue weighted by Gasteiger charge is 2.13. The van der Waals surface area contributed by atoms with Crippen LogP contribution in [0.15, 0.2) is 59.4 Å². The molecule has 0 aliphatic carbocycles. The predicted octanol–water partition coefficient (Wildman–Crippen LogP) is 3.16. The molecular formula is C23H24FN3O4. The van der Waals surface area contributed by atoms with Gasteiger partial charge in [-0.1, -0.05) is 18.2 Å². The molecule has 2 aromatic carbocycles. The molecule has 0 atom stereocenters. The lowest BCUT2D eigenvalue weighted by atomic mass is 10.1. The van der Waals surface area contributed by atoms with Crippen LogP contribution in [0.25, 0.3) is 11.3 Å². The zero-order valence-corrected chi connectivity index (χ0v) is 17.4. The Kier molecular flexibility index (Phi) is 7.37. The Hall–Kier alpha value is -3.68. The Bertz CT molecular complexity index is 1100. The molecule has 1 aromatic heterocycles. The topological polar surface area (TPSA) is 82.5 Å². The van der Waals surface area contributed by atoms with Gasteiger partial charge in [-0.2, -0.15) is 5.10 Å². The molecular weight excluding hydrogens is 401 g/mol. The van der Waals surface area contributed by atoms with Crippen LogP contribution in [0.5, 0.6) is 11.5 Å². The van der Waals surface area contributed by atoms with Crippen LogP contribution < -0.4 is 20.3 Å². The molecule has 0 saturated carbocycles. The molecule has 0 saturated heterocycles. The van der Waals surface area contributed by atoms with E-state index in [-0.39, 0.29) is 36.8 Å². The molecule has 0 unspecified atom stereocenters. The first-order valence-corrected chi connectivity index (χ1v) is 9.82. The van der Waals surface area contributed by atoms with Crippen LogP contribution in [0, 0.1) is 5.82 Å². The maximum absolute atomic E-state index is 13.6. The Morgan fingerprint density at radius 3 is 2.52 bits per heavy atom. The molecule has 0 aliphatic heterocycles. The highest BCUT2D eigenvalue weighted by molar-refractivity contribution is 5.75. The van der Waals surface area contributed by atoms with Crippen LogP contribution >= 0.6 is 0 Å². The summed E-state index contributed by atoms with van der Waals surface area (Å²) in [7, 11) is 3.06. The van der Waals surface area contributed by atoms with Crippen molar-refractivity contribution in [3.63, 3.8) is 0 Å². The third-order valence-electron chi connectivity index (χ3n) is 4.75. The van der Waals surface area contributed by atoms with E-state index in [0.29, 0.717) is 29.2 Å². The molecule has 0 spiro atoms. The molecule has 0 fully saturated rings. The minimum absolute atomic E-state index is 0.119. The van der Waals surface area contributed by atoms with Gasteiger partial charge >= 0.3 is 0 Å². The monoisotopic (exact) mass is 425 g/mol. The van der Waals surface area contributed by atoms with Crippen molar-refractivity contribution in [2.75, 3.05) is 14.2 Å². The number of ether oxygens (including phenoxy) is 2. The smallest absolute Gasteiger partial charge is 0.270 e. The summed E-state index contributed by atoms with van der Waals surface area (Å²) in [6.07, 6.45) is 0.594. The van der Waals surface area contributed by atoms with E-state index in [4.69, 9.17) is 9.47 Å². The first-order chi connectivity index (χ1) is 15.0. The second kappa shape index (κ2) is 10.4. The molecule has 0 bridgehead atoms. The van der Waals surface area contributed by atoms with Crippen LogP contribution in [0.1, 0.15) is 18.4 Å². The molecule has 8 heteroatoms. The van der Waals surface area contributed by atoms with Crippen molar-refractivity contribution in [1.29, 1.82) is 0 Å². The quantitative estimate of drug-likeness (QED) is 0.570. The molecule has 3 aromatic rings. The minimum atomic E-state index is -0.358. The van der Waals surface area contributed by atoms with E-state index in [1.54, 1.807) is 37.4 Å². The summed E-state index contributed by atoms with van der Waals surface area (Å²) in [5.74, 6) is 0.495. The second-order valence-corrected chi connectivity index (χ2v) is 6.82. The van der Waals surface area contributed by atoms with E-state index < -0.39 is 0 Å². The summed E-state index contributed by atoms with van der Waals surface area (Å²) in [4.78, 5) is 24.4. The third-order valence-corrected chi connectivity index (χ3v) is 4.75. The second-order valence-electron chi connectivity index (χ2n) is 6.82. The number of hydrogen-bond donors (Lipinski definition) is 1. The zero-order chi connectivity index (χ0) is 22.2. The number of benzene rings is 2. The van der Waals surface area contributed by atoms with Gasteiger partial charge in [-0.3, -0.25) is 9.59 Å². The summed E-state index contributed by atoms with van der Waals surface area (Å²) in [6, 6.07) is 14.9. The van der Waals surface area contributed by atoms with Crippen molar-refractivity contribution >= 4 is 5.91 Å². The lowest BCUT2D eigenvalue weighted by Crippen LogP contribution is -2.26. The molecule has 0 radical (unpaired) electrons. The van der Waals surface area contributed by atoms with Crippen molar-refractivity contribution in [3.8, 4) is 22.8 Å². The fourth-order valence-corrected chi connectivity index (χ4v) is 3.05. The summed E-state index contributed by atoms with van der Waals surface area (Å²) in [5, 5.41) is 7.12. The molecule has 0 aliphatic rings. The van der Waals surface area contributed by atoms with Crippen molar-refractivity contribution in [3.05, 3.63) is 76.3 Å². The minimum Gasteiger partial charge on any atom is -0.497 e. The molecule has 1 N–H and O–H groups in total. The summed E-state index contributed by atoms with van der Waals surface area (Å²) in [5.41, 5.74) is 1.40. The van der Waals surface area contributed by atoms with Gasteiger partial charge in [-0.25, -0.2) is 9.07 Å². The largest absolute Gasteiger partial charge is 0.497 e. The van der Waals surface area contributed by atoms with Gasteiger partial charge in [-0.15, -0.1) is 0 Å². The maximum Gasteiger partial charge on any atom is 0.270 e. The average Bonchev–Trinajstić information content (AvgIpc) is 2.79. The normalized spacial score (nSPS) is 10.5. The van der Waals surface area contributed by atoms with Crippen molar-refractivity contribution < 1.29 is 18.7 Å². The van der Waals surface area contributed by atoms with Gasteiger partial charge in [0, 0.05) is 36.7 Å². The maximum atomic E-state index is 13.6. The van der Waals surface area contributed by atoms with Gasteiger partial charge in [0.05, 0.1) is 14.2 Å². The number of methoxy groups -OCH3 is 2. The number of aromatic nitrogens is 2. The summed E-state index contributed by atoms with van der Waals surface area (Å²) < 4.78 is 25.4. The van der Waals surface area contributed by atoms with E-state index in [9.17, 15) is 14.0 Å². The number of carbonyl (C=O) groups excluding carboxylic acids is 1. The van der Waals surface area contributed by atoms with Crippen LogP contribution in [0.2, 0.25) is 0 Å². The van der Waals surface area contributed by atoms with Gasteiger partial charge in [0.25, 0.3) is 5.56 Å². The average molecular weight is 425 g/mol. The van der Waals surface area contributed by atoms with Crippen LogP contribution in [0.3, 0.4) is 0 Å². The molecule has 3 rings (SSSR count). The standard InChI is InChI=1S/C23H24FN3O4/c1-30-18-11-9-16(10-12-18)23-20(31-2)14-22(29)27(26-23)13-5-8-21(28)25-15-17-6-3-4-7-19(17)24/h3-4,6-7,9-12,14H,5,8,13,15H2,1-2H3,(H,25,28). The first kappa shape index (κ1) is 22.0. The number of carbonyl (C=O) groups is 1. The van der Waals surface area contributed by atoms with E-state index >= 15 is 0 Å². The number of nitrogens with zero attached hydrogens (tertiary/aromatic N) is 2. The number of rotatable bonds is 9. The van der Waals surface area contributed by atoms with E-state index in [0.717, 1.165) is 5.56 Å². The lowest BCUT2D eigenvalue weighted by Gasteiger charge is -2.12. The SMILES string of the molecule is COc1ccc(-c2nn(CCCC(=O)NCc3ccccc3F)c(=O)cc2OC)cc1. The summed E-state index contributed by atoms with van der Waals surface area (Å²) in [6.45, 7) is 0.382. The number of aryl methyl sites for hydroxylation is 1. The van der Waals surface area contributed by atoms with Crippen LogP contribution in [-0.2, 0) is 17.9 Å². The molecule has 1 amide bonds. The van der Waals surface area contributed by atoms with Crippen molar-refractivity contribution in [1.82, 2.24) is 15.1 Å². The zero-order valence-electron chi connectivity index (χ0n) is 17.4. The molecule has 7 nitrogen and oxygen atoms in total.